The third-order valence-corrected chi connectivity index (χ3v) is 3.70. The second-order valence-corrected chi connectivity index (χ2v) is 5.39. The van der Waals surface area contributed by atoms with Crippen LogP contribution < -0.4 is 0 Å². The molecule has 0 bridgehead atoms. The Hall–Kier alpha value is -1.59. The van der Waals surface area contributed by atoms with Crippen LogP contribution in [-0.4, -0.2) is 11.1 Å². The lowest BCUT2D eigenvalue weighted by Gasteiger charge is -2.10. The molecule has 2 atom stereocenters. The minimum absolute atomic E-state index is 0.0877. The van der Waals surface area contributed by atoms with Crippen LogP contribution in [0.4, 0.5) is 17.6 Å². The summed E-state index contributed by atoms with van der Waals surface area (Å²) < 4.78 is 51.1. The van der Waals surface area contributed by atoms with Gasteiger partial charge in [-0.2, -0.15) is 13.2 Å². The number of rotatable bonds is 2. The highest BCUT2D eigenvalue weighted by molar-refractivity contribution is 5.77. The van der Waals surface area contributed by atoms with E-state index in [1.807, 2.05) is 0 Å². The van der Waals surface area contributed by atoms with Gasteiger partial charge < -0.3 is 5.11 Å². The van der Waals surface area contributed by atoms with E-state index in [1.54, 1.807) is 13.8 Å². The Morgan fingerprint density at radius 1 is 1.26 bits per heavy atom. The zero-order valence-corrected chi connectivity index (χ0v) is 10.3. The van der Waals surface area contributed by atoms with Gasteiger partial charge in [-0.1, -0.05) is 13.8 Å². The van der Waals surface area contributed by atoms with Gasteiger partial charge >= 0.3 is 12.1 Å². The molecule has 2 nitrogen and oxygen atoms in total. The first kappa shape index (κ1) is 13.8. The molecule has 1 aliphatic carbocycles. The van der Waals surface area contributed by atoms with Crippen molar-refractivity contribution in [2.45, 2.75) is 25.9 Å². The highest BCUT2D eigenvalue weighted by atomic mass is 19.4. The summed E-state index contributed by atoms with van der Waals surface area (Å²) in [6.07, 6.45) is -4.64. The molecule has 104 valence electrons. The summed E-state index contributed by atoms with van der Waals surface area (Å²) in [6.45, 7) is 3.29. The van der Waals surface area contributed by atoms with Crippen LogP contribution >= 0.6 is 0 Å². The highest BCUT2D eigenvalue weighted by Crippen LogP contribution is 2.64. The van der Waals surface area contributed by atoms with Crippen molar-refractivity contribution in [1.29, 1.82) is 0 Å². The third kappa shape index (κ3) is 2.31. The van der Waals surface area contributed by atoms with Crippen molar-refractivity contribution in [1.82, 2.24) is 0 Å². The quantitative estimate of drug-likeness (QED) is 0.837. The van der Waals surface area contributed by atoms with Gasteiger partial charge in [0.1, 0.15) is 5.82 Å². The average Bonchev–Trinajstić information content (AvgIpc) is 2.79. The molecule has 0 aliphatic heterocycles. The van der Waals surface area contributed by atoms with Gasteiger partial charge in [0.15, 0.2) is 0 Å². The summed E-state index contributed by atoms with van der Waals surface area (Å²) in [7, 11) is 0. The molecule has 0 saturated heterocycles. The van der Waals surface area contributed by atoms with Crippen molar-refractivity contribution in [3.63, 3.8) is 0 Å². The number of benzene rings is 1. The molecule has 1 N–H and O–H groups in total. The molecule has 0 unspecified atom stereocenters. The maximum absolute atomic E-state index is 13.3. The SMILES string of the molecule is CC1(C)[C@H](C(=O)O)[C@H]1c1cc(F)cc(C(F)(F)F)c1. The Labute approximate surface area is 107 Å². The van der Waals surface area contributed by atoms with Gasteiger partial charge in [0.2, 0.25) is 0 Å². The van der Waals surface area contributed by atoms with Crippen LogP contribution in [0.15, 0.2) is 18.2 Å². The lowest BCUT2D eigenvalue weighted by molar-refractivity contribution is -0.139. The Kier molecular flexibility index (Phi) is 2.88. The van der Waals surface area contributed by atoms with Gasteiger partial charge in [-0.05, 0) is 29.2 Å². The molecule has 0 radical (unpaired) electrons. The van der Waals surface area contributed by atoms with E-state index in [1.165, 1.54) is 0 Å². The molecule has 19 heavy (non-hydrogen) atoms. The fourth-order valence-corrected chi connectivity index (χ4v) is 2.68. The Morgan fingerprint density at radius 3 is 2.26 bits per heavy atom. The summed E-state index contributed by atoms with van der Waals surface area (Å²) in [5.74, 6) is -3.46. The molecular weight excluding hydrogens is 264 g/mol. The fourth-order valence-electron chi connectivity index (χ4n) is 2.68. The number of aliphatic carboxylic acids is 1. The van der Waals surface area contributed by atoms with Crippen LogP contribution in [0.3, 0.4) is 0 Å². The van der Waals surface area contributed by atoms with E-state index in [9.17, 15) is 22.4 Å². The first-order chi connectivity index (χ1) is 8.55. The fraction of sp³-hybridized carbons (Fsp3) is 0.462. The van der Waals surface area contributed by atoms with E-state index in [0.717, 1.165) is 12.1 Å². The maximum atomic E-state index is 13.3. The number of carboxylic acid groups (broad SMARTS) is 1. The van der Waals surface area contributed by atoms with E-state index >= 15 is 0 Å². The molecule has 1 aromatic carbocycles. The van der Waals surface area contributed by atoms with E-state index in [2.05, 4.69) is 0 Å². The average molecular weight is 276 g/mol. The summed E-state index contributed by atoms with van der Waals surface area (Å²) >= 11 is 0. The van der Waals surface area contributed by atoms with Crippen LogP contribution in [-0.2, 0) is 11.0 Å². The minimum atomic E-state index is -4.64. The van der Waals surface area contributed by atoms with Crippen molar-refractivity contribution >= 4 is 5.97 Å². The molecule has 2 rings (SSSR count). The smallest absolute Gasteiger partial charge is 0.416 e. The minimum Gasteiger partial charge on any atom is -0.481 e. The lowest BCUT2D eigenvalue weighted by atomic mass is 10.0. The van der Waals surface area contributed by atoms with E-state index < -0.39 is 40.8 Å². The molecule has 0 spiro atoms. The third-order valence-electron chi connectivity index (χ3n) is 3.70. The van der Waals surface area contributed by atoms with E-state index in [-0.39, 0.29) is 5.56 Å². The van der Waals surface area contributed by atoms with Crippen LogP contribution in [0.25, 0.3) is 0 Å². The first-order valence-corrected chi connectivity index (χ1v) is 5.65. The van der Waals surface area contributed by atoms with Crippen LogP contribution in [0.1, 0.15) is 30.9 Å². The monoisotopic (exact) mass is 276 g/mol. The predicted octanol–water partition coefficient (Wildman–Crippen LogP) is 3.67. The number of alkyl halides is 3. The van der Waals surface area contributed by atoms with Gasteiger partial charge in [0.25, 0.3) is 0 Å². The first-order valence-electron chi connectivity index (χ1n) is 5.65. The van der Waals surface area contributed by atoms with E-state index in [0.29, 0.717) is 6.07 Å². The molecule has 0 heterocycles. The van der Waals surface area contributed by atoms with Crippen LogP contribution in [0, 0.1) is 17.2 Å². The second kappa shape index (κ2) is 3.95. The molecular formula is C13H12F4O2. The van der Waals surface area contributed by atoms with Crippen LogP contribution in [0.2, 0.25) is 0 Å². The highest BCUT2D eigenvalue weighted by Gasteiger charge is 2.62. The standard InChI is InChI=1S/C13H12F4O2/c1-12(2)9(10(12)11(18)19)6-3-7(13(15,16)17)5-8(14)4-6/h3-5,9-10H,1-2H3,(H,18,19)/t9-,10+/m1/s1. The normalized spacial score (nSPS) is 25.2. The number of hydrogen-bond acceptors (Lipinski definition) is 1. The maximum Gasteiger partial charge on any atom is 0.416 e. The number of halogens is 4. The zero-order chi connectivity index (χ0) is 14.6. The van der Waals surface area contributed by atoms with Crippen molar-refractivity contribution in [3.8, 4) is 0 Å². The van der Waals surface area contributed by atoms with Gasteiger partial charge in [-0.3, -0.25) is 4.79 Å². The summed E-state index contributed by atoms with van der Waals surface area (Å²) in [6, 6.07) is 2.22. The van der Waals surface area contributed by atoms with Gasteiger partial charge in [-0.15, -0.1) is 0 Å². The van der Waals surface area contributed by atoms with E-state index in [4.69, 9.17) is 5.11 Å². The molecule has 1 aliphatic rings. The van der Waals surface area contributed by atoms with Gasteiger partial charge in [0.05, 0.1) is 11.5 Å². The van der Waals surface area contributed by atoms with Gasteiger partial charge in [0, 0.05) is 5.92 Å². The number of hydrogen-bond donors (Lipinski definition) is 1. The van der Waals surface area contributed by atoms with Crippen molar-refractivity contribution in [2.75, 3.05) is 0 Å². The summed E-state index contributed by atoms with van der Waals surface area (Å²) in [5, 5.41) is 9.00. The van der Waals surface area contributed by atoms with Crippen LogP contribution in [0.5, 0.6) is 0 Å². The Morgan fingerprint density at radius 2 is 1.84 bits per heavy atom. The number of carbonyl (C=O) groups is 1. The van der Waals surface area contributed by atoms with Crippen molar-refractivity contribution in [3.05, 3.63) is 35.1 Å². The molecule has 6 heteroatoms. The summed E-state index contributed by atoms with van der Waals surface area (Å²) in [5.41, 5.74) is -1.67. The van der Waals surface area contributed by atoms with Crippen molar-refractivity contribution < 1.29 is 27.5 Å². The lowest BCUT2D eigenvalue weighted by Crippen LogP contribution is -2.07. The summed E-state index contributed by atoms with van der Waals surface area (Å²) in [4.78, 5) is 11.0. The molecule has 1 aromatic rings. The molecule has 1 fully saturated rings. The largest absolute Gasteiger partial charge is 0.481 e. The number of carboxylic acids is 1. The zero-order valence-electron chi connectivity index (χ0n) is 10.3. The predicted molar refractivity (Wildman–Crippen MR) is 59.0 cm³/mol. The second-order valence-electron chi connectivity index (χ2n) is 5.39. The van der Waals surface area contributed by atoms with Crippen molar-refractivity contribution in [2.24, 2.45) is 11.3 Å². The molecule has 1 saturated carbocycles. The Balaban J connectivity index is 2.43. The topological polar surface area (TPSA) is 37.3 Å². The van der Waals surface area contributed by atoms with Gasteiger partial charge in [-0.25, -0.2) is 4.39 Å². The Bertz CT molecular complexity index is 534. The molecule has 0 aromatic heterocycles. The molecule has 0 amide bonds.